The number of amides is 1. The van der Waals surface area contributed by atoms with E-state index in [1.165, 1.54) is 5.69 Å². The van der Waals surface area contributed by atoms with Crippen LogP contribution in [0.15, 0.2) is 66.7 Å². The fourth-order valence-corrected chi connectivity index (χ4v) is 3.20. The number of para-hydroxylation sites is 1. The zero-order valence-electron chi connectivity index (χ0n) is 16.4. The van der Waals surface area contributed by atoms with Gasteiger partial charge in [0.2, 0.25) is 0 Å². The van der Waals surface area contributed by atoms with Gasteiger partial charge in [-0.05, 0) is 55.6 Å². The minimum absolute atomic E-state index is 0.268. The molecule has 1 aliphatic rings. The zero-order chi connectivity index (χ0) is 20.1. The zero-order valence-corrected chi connectivity index (χ0v) is 16.4. The number of likely N-dealkylation sites (N-methyl/N-ethyl adjacent to an activating group) is 1. The molecule has 148 valence electrons. The van der Waals surface area contributed by atoms with Crippen molar-refractivity contribution in [3.63, 3.8) is 0 Å². The van der Waals surface area contributed by atoms with Gasteiger partial charge < -0.3 is 20.4 Å². The summed E-state index contributed by atoms with van der Waals surface area (Å²) in [5.74, 6) is 0.306. The Morgan fingerprint density at radius 3 is 2.21 bits per heavy atom. The van der Waals surface area contributed by atoms with E-state index in [2.05, 4.69) is 49.8 Å². The Balaban J connectivity index is 1.35. The number of rotatable bonds is 5. The van der Waals surface area contributed by atoms with Crippen LogP contribution >= 0.6 is 0 Å². The van der Waals surface area contributed by atoms with Gasteiger partial charge in [0, 0.05) is 43.2 Å². The van der Waals surface area contributed by atoms with E-state index in [-0.39, 0.29) is 11.6 Å². The normalized spacial score (nSPS) is 14.4. The molecular formula is C22H24N6O. The SMILES string of the molecule is CN1CCN(c2ccc(Nc3ccc(C(=O)Nc4ccccc4)nn3)cc2)CC1. The molecule has 0 aliphatic carbocycles. The number of nitrogens with one attached hydrogen (secondary N) is 2. The lowest BCUT2D eigenvalue weighted by atomic mass is 10.2. The minimum Gasteiger partial charge on any atom is -0.369 e. The third kappa shape index (κ3) is 4.89. The smallest absolute Gasteiger partial charge is 0.276 e. The number of hydrogen-bond acceptors (Lipinski definition) is 6. The summed E-state index contributed by atoms with van der Waals surface area (Å²) in [6.45, 7) is 4.25. The Morgan fingerprint density at radius 2 is 1.55 bits per heavy atom. The van der Waals surface area contributed by atoms with Gasteiger partial charge in [0.05, 0.1) is 0 Å². The van der Waals surface area contributed by atoms with E-state index in [0.29, 0.717) is 5.82 Å². The molecule has 1 fully saturated rings. The summed E-state index contributed by atoms with van der Waals surface area (Å²) in [5, 5.41) is 14.2. The van der Waals surface area contributed by atoms with Crippen molar-refractivity contribution in [1.29, 1.82) is 0 Å². The fourth-order valence-electron chi connectivity index (χ4n) is 3.20. The van der Waals surface area contributed by atoms with E-state index in [9.17, 15) is 4.79 Å². The Kier molecular flexibility index (Phi) is 5.67. The Labute approximate surface area is 170 Å². The van der Waals surface area contributed by atoms with Crippen LogP contribution in [0.5, 0.6) is 0 Å². The summed E-state index contributed by atoms with van der Waals surface area (Å²) < 4.78 is 0. The van der Waals surface area contributed by atoms with Crippen LogP contribution in [-0.2, 0) is 0 Å². The van der Waals surface area contributed by atoms with Gasteiger partial charge in [0.25, 0.3) is 5.91 Å². The molecule has 0 bridgehead atoms. The molecule has 1 aromatic heterocycles. The van der Waals surface area contributed by atoms with Crippen LogP contribution in [0.1, 0.15) is 10.5 Å². The molecule has 29 heavy (non-hydrogen) atoms. The first-order valence-corrected chi connectivity index (χ1v) is 9.68. The van der Waals surface area contributed by atoms with Crippen LogP contribution in [0.25, 0.3) is 0 Å². The summed E-state index contributed by atoms with van der Waals surface area (Å²) in [6, 6.07) is 21.0. The van der Waals surface area contributed by atoms with Crippen molar-refractivity contribution < 1.29 is 4.79 Å². The van der Waals surface area contributed by atoms with Crippen molar-refractivity contribution in [3.8, 4) is 0 Å². The molecule has 0 unspecified atom stereocenters. The van der Waals surface area contributed by atoms with Crippen molar-refractivity contribution in [3.05, 3.63) is 72.4 Å². The monoisotopic (exact) mass is 388 g/mol. The van der Waals surface area contributed by atoms with Crippen molar-refractivity contribution in [2.75, 3.05) is 48.8 Å². The maximum atomic E-state index is 12.3. The van der Waals surface area contributed by atoms with E-state index in [1.54, 1.807) is 12.1 Å². The summed E-state index contributed by atoms with van der Waals surface area (Å²) in [7, 11) is 2.15. The van der Waals surface area contributed by atoms with E-state index < -0.39 is 0 Å². The second kappa shape index (κ2) is 8.70. The number of carbonyl (C=O) groups is 1. The molecule has 7 nitrogen and oxygen atoms in total. The van der Waals surface area contributed by atoms with E-state index in [1.807, 2.05) is 42.5 Å². The van der Waals surface area contributed by atoms with Crippen LogP contribution < -0.4 is 15.5 Å². The van der Waals surface area contributed by atoms with Crippen molar-refractivity contribution in [2.24, 2.45) is 0 Å². The Bertz CT molecular complexity index is 935. The maximum absolute atomic E-state index is 12.3. The van der Waals surface area contributed by atoms with Gasteiger partial charge in [0.1, 0.15) is 0 Å². The quantitative estimate of drug-likeness (QED) is 0.699. The summed E-state index contributed by atoms with van der Waals surface area (Å²) in [6.07, 6.45) is 0. The molecule has 2 N–H and O–H groups in total. The van der Waals surface area contributed by atoms with Crippen LogP contribution in [0.2, 0.25) is 0 Å². The number of benzene rings is 2. The lowest BCUT2D eigenvalue weighted by Crippen LogP contribution is -2.44. The van der Waals surface area contributed by atoms with Gasteiger partial charge >= 0.3 is 0 Å². The van der Waals surface area contributed by atoms with Crippen molar-refractivity contribution in [2.45, 2.75) is 0 Å². The van der Waals surface area contributed by atoms with Gasteiger partial charge in [-0.1, -0.05) is 18.2 Å². The third-order valence-corrected chi connectivity index (χ3v) is 4.94. The lowest BCUT2D eigenvalue weighted by molar-refractivity contribution is 0.102. The first kappa shape index (κ1) is 18.9. The molecule has 1 saturated heterocycles. The second-order valence-corrected chi connectivity index (χ2v) is 7.09. The molecule has 4 rings (SSSR count). The van der Waals surface area contributed by atoms with Gasteiger partial charge in [-0.25, -0.2) is 0 Å². The first-order chi connectivity index (χ1) is 14.2. The highest BCUT2D eigenvalue weighted by molar-refractivity contribution is 6.02. The number of hydrogen-bond donors (Lipinski definition) is 2. The third-order valence-electron chi connectivity index (χ3n) is 4.94. The standard InChI is InChI=1S/C22H24N6O/c1-27-13-15-28(16-14-27)19-9-7-18(8-10-19)23-21-12-11-20(25-26-21)22(29)24-17-5-3-2-4-6-17/h2-12H,13-16H2,1H3,(H,23,26)(H,24,29). The molecule has 7 heteroatoms. The number of nitrogens with zero attached hydrogens (tertiary/aromatic N) is 4. The molecule has 0 atom stereocenters. The molecule has 1 aliphatic heterocycles. The molecule has 0 radical (unpaired) electrons. The van der Waals surface area contributed by atoms with Crippen molar-refractivity contribution in [1.82, 2.24) is 15.1 Å². The molecule has 3 aromatic rings. The Morgan fingerprint density at radius 1 is 0.828 bits per heavy atom. The number of anilines is 4. The predicted octanol–water partition coefficient (Wildman–Crippen LogP) is 3.22. The summed E-state index contributed by atoms with van der Waals surface area (Å²) in [5.41, 5.74) is 3.15. The summed E-state index contributed by atoms with van der Waals surface area (Å²) >= 11 is 0. The molecular weight excluding hydrogens is 364 g/mol. The van der Waals surface area contributed by atoms with E-state index >= 15 is 0 Å². The van der Waals surface area contributed by atoms with E-state index in [0.717, 1.165) is 37.6 Å². The topological polar surface area (TPSA) is 73.4 Å². The average molecular weight is 388 g/mol. The molecule has 0 spiro atoms. The Hall–Kier alpha value is -3.45. The molecule has 2 aromatic carbocycles. The van der Waals surface area contributed by atoms with Crippen LogP contribution in [0.4, 0.5) is 22.9 Å². The minimum atomic E-state index is -0.285. The number of piperazine rings is 1. The largest absolute Gasteiger partial charge is 0.369 e. The molecule has 0 saturated carbocycles. The molecule has 2 heterocycles. The van der Waals surface area contributed by atoms with Gasteiger partial charge in [0.15, 0.2) is 11.5 Å². The molecule has 1 amide bonds. The lowest BCUT2D eigenvalue weighted by Gasteiger charge is -2.34. The summed E-state index contributed by atoms with van der Waals surface area (Å²) in [4.78, 5) is 17.0. The van der Waals surface area contributed by atoms with Gasteiger partial charge in [-0.2, -0.15) is 0 Å². The van der Waals surface area contributed by atoms with Gasteiger partial charge in [-0.3, -0.25) is 4.79 Å². The highest BCUT2D eigenvalue weighted by Gasteiger charge is 2.14. The first-order valence-electron chi connectivity index (χ1n) is 9.68. The number of carbonyl (C=O) groups excluding carboxylic acids is 1. The van der Waals surface area contributed by atoms with Gasteiger partial charge in [-0.15, -0.1) is 10.2 Å². The second-order valence-electron chi connectivity index (χ2n) is 7.09. The predicted molar refractivity (Wildman–Crippen MR) is 116 cm³/mol. The highest BCUT2D eigenvalue weighted by Crippen LogP contribution is 2.21. The maximum Gasteiger partial charge on any atom is 0.276 e. The number of aromatic nitrogens is 2. The fraction of sp³-hybridized carbons (Fsp3) is 0.227. The van der Waals surface area contributed by atoms with Crippen LogP contribution in [0, 0.1) is 0 Å². The van der Waals surface area contributed by atoms with Crippen LogP contribution in [-0.4, -0.2) is 54.2 Å². The average Bonchev–Trinajstić information content (AvgIpc) is 2.76. The van der Waals surface area contributed by atoms with Crippen LogP contribution in [0.3, 0.4) is 0 Å². The van der Waals surface area contributed by atoms with Crippen molar-refractivity contribution >= 4 is 28.8 Å². The highest BCUT2D eigenvalue weighted by atomic mass is 16.1. The van der Waals surface area contributed by atoms with E-state index in [4.69, 9.17) is 0 Å².